The maximum absolute atomic E-state index is 12.8. The van der Waals surface area contributed by atoms with E-state index in [1.807, 2.05) is 6.92 Å². The summed E-state index contributed by atoms with van der Waals surface area (Å²) in [6.07, 6.45) is 0.594. The van der Waals surface area contributed by atoms with E-state index in [2.05, 4.69) is 11.3 Å². The van der Waals surface area contributed by atoms with Gasteiger partial charge >= 0.3 is 5.97 Å². The molecule has 0 aromatic rings. The summed E-state index contributed by atoms with van der Waals surface area (Å²) in [5, 5.41) is -0.365. The van der Waals surface area contributed by atoms with Gasteiger partial charge in [0.2, 0.25) is 5.50 Å². The number of carbonyl (C=O) groups excluding carboxylic acids is 1. The third-order valence-corrected chi connectivity index (χ3v) is 2.76. The first-order chi connectivity index (χ1) is 5.15. The van der Waals surface area contributed by atoms with Crippen molar-refractivity contribution in [2.24, 2.45) is 0 Å². The SMILES string of the molecule is C=C1OC(=O)C(CC)SC1F. The molecule has 11 heavy (non-hydrogen) atoms. The molecule has 0 amide bonds. The molecule has 0 N–H and O–H groups in total. The van der Waals surface area contributed by atoms with Crippen LogP contribution in [0.15, 0.2) is 12.3 Å². The highest BCUT2D eigenvalue weighted by molar-refractivity contribution is 8.01. The number of hydrogen-bond acceptors (Lipinski definition) is 3. The summed E-state index contributed by atoms with van der Waals surface area (Å²) >= 11 is 0.962. The Morgan fingerprint density at radius 3 is 3.00 bits per heavy atom. The van der Waals surface area contributed by atoms with Crippen LogP contribution in [-0.2, 0) is 9.53 Å². The molecule has 1 aliphatic heterocycles. The summed E-state index contributed by atoms with van der Waals surface area (Å²) < 4.78 is 17.3. The molecule has 62 valence electrons. The van der Waals surface area contributed by atoms with Crippen LogP contribution in [0.3, 0.4) is 0 Å². The Balaban J connectivity index is 2.62. The average molecular weight is 176 g/mol. The van der Waals surface area contributed by atoms with Gasteiger partial charge in [-0.3, -0.25) is 4.79 Å². The fraction of sp³-hybridized carbons (Fsp3) is 0.571. The van der Waals surface area contributed by atoms with Gasteiger partial charge in [-0.1, -0.05) is 13.5 Å². The minimum Gasteiger partial charge on any atom is -0.427 e. The Morgan fingerprint density at radius 1 is 1.82 bits per heavy atom. The lowest BCUT2D eigenvalue weighted by atomic mass is 10.3. The van der Waals surface area contributed by atoms with Crippen molar-refractivity contribution >= 4 is 17.7 Å². The predicted molar refractivity (Wildman–Crippen MR) is 41.8 cm³/mol. The lowest BCUT2D eigenvalue weighted by Crippen LogP contribution is -2.28. The molecule has 1 aliphatic rings. The normalized spacial score (nSPS) is 31.8. The van der Waals surface area contributed by atoms with Crippen molar-refractivity contribution in [3.8, 4) is 0 Å². The van der Waals surface area contributed by atoms with Crippen LogP contribution >= 0.6 is 11.8 Å². The first-order valence-electron chi connectivity index (χ1n) is 3.35. The molecule has 0 aromatic heterocycles. The number of esters is 1. The molecular formula is C7H9FO2S. The third-order valence-electron chi connectivity index (χ3n) is 1.40. The number of ether oxygens (including phenoxy) is 1. The van der Waals surface area contributed by atoms with Gasteiger partial charge in [0.05, 0.1) is 0 Å². The molecule has 2 atom stereocenters. The number of hydrogen-bond donors (Lipinski definition) is 0. The Hall–Kier alpha value is -0.510. The van der Waals surface area contributed by atoms with Crippen LogP contribution in [0.4, 0.5) is 4.39 Å². The van der Waals surface area contributed by atoms with E-state index >= 15 is 0 Å². The molecule has 0 bridgehead atoms. The molecule has 0 spiro atoms. The largest absolute Gasteiger partial charge is 0.427 e. The number of rotatable bonds is 1. The molecule has 2 nitrogen and oxygen atoms in total. The standard InChI is InChI=1S/C7H9FO2S/c1-3-5-7(9)10-4(2)6(8)11-5/h5-6H,2-3H2,1H3. The molecule has 1 saturated heterocycles. The van der Waals surface area contributed by atoms with Crippen molar-refractivity contribution in [1.29, 1.82) is 0 Å². The zero-order chi connectivity index (χ0) is 8.43. The molecule has 2 unspecified atom stereocenters. The summed E-state index contributed by atoms with van der Waals surface area (Å²) in [5.41, 5.74) is -1.25. The molecule has 0 radical (unpaired) electrons. The van der Waals surface area contributed by atoms with Gasteiger partial charge in [0, 0.05) is 0 Å². The number of carbonyl (C=O) groups is 1. The Bertz CT molecular complexity index is 193. The minimum atomic E-state index is -1.25. The highest BCUT2D eigenvalue weighted by atomic mass is 32.2. The lowest BCUT2D eigenvalue weighted by molar-refractivity contribution is -0.140. The quantitative estimate of drug-likeness (QED) is 0.570. The maximum Gasteiger partial charge on any atom is 0.324 e. The van der Waals surface area contributed by atoms with Crippen LogP contribution in [0, 0.1) is 0 Å². The van der Waals surface area contributed by atoms with E-state index in [0.29, 0.717) is 6.42 Å². The topological polar surface area (TPSA) is 26.3 Å². The molecule has 0 aromatic carbocycles. The summed E-state index contributed by atoms with van der Waals surface area (Å²) in [6.45, 7) is 5.09. The second kappa shape index (κ2) is 3.26. The number of cyclic esters (lactones) is 1. The van der Waals surface area contributed by atoms with Crippen LogP contribution in [-0.4, -0.2) is 16.7 Å². The van der Waals surface area contributed by atoms with Gasteiger partial charge in [0.1, 0.15) is 11.0 Å². The molecule has 0 saturated carbocycles. The Kier molecular flexibility index (Phi) is 2.54. The van der Waals surface area contributed by atoms with Crippen molar-refractivity contribution in [2.45, 2.75) is 24.1 Å². The van der Waals surface area contributed by atoms with Gasteiger partial charge in [0.15, 0.2) is 0 Å². The Labute approximate surface area is 68.8 Å². The number of alkyl halides is 1. The van der Waals surface area contributed by atoms with Crippen molar-refractivity contribution in [3.05, 3.63) is 12.3 Å². The van der Waals surface area contributed by atoms with E-state index in [1.54, 1.807) is 0 Å². The average Bonchev–Trinajstić information content (AvgIpc) is 1.97. The van der Waals surface area contributed by atoms with Crippen molar-refractivity contribution in [2.75, 3.05) is 0 Å². The Morgan fingerprint density at radius 2 is 2.45 bits per heavy atom. The summed E-state index contributed by atoms with van der Waals surface area (Å²) in [4.78, 5) is 10.9. The van der Waals surface area contributed by atoms with E-state index in [0.717, 1.165) is 11.8 Å². The van der Waals surface area contributed by atoms with Gasteiger partial charge < -0.3 is 4.74 Å². The van der Waals surface area contributed by atoms with Crippen LogP contribution in [0.25, 0.3) is 0 Å². The monoisotopic (exact) mass is 176 g/mol. The van der Waals surface area contributed by atoms with E-state index in [4.69, 9.17) is 0 Å². The minimum absolute atomic E-state index is 0.0790. The molecule has 1 heterocycles. The van der Waals surface area contributed by atoms with E-state index < -0.39 is 5.50 Å². The van der Waals surface area contributed by atoms with E-state index in [1.165, 1.54) is 0 Å². The van der Waals surface area contributed by atoms with Gasteiger partial charge in [0.25, 0.3) is 0 Å². The molecule has 1 fully saturated rings. The molecule has 4 heteroatoms. The molecule has 0 aliphatic carbocycles. The zero-order valence-electron chi connectivity index (χ0n) is 6.17. The second-order valence-corrected chi connectivity index (χ2v) is 3.49. The smallest absolute Gasteiger partial charge is 0.324 e. The fourth-order valence-electron chi connectivity index (χ4n) is 0.780. The first kappa shape index (κ1) is 8.59. The van der Waals surface area contributed by atoms with Crippen molar-refractivity contribution in [1.82, 2.24) is 0 Å². The fourth-order valence-corrected chi connectivity index (χ4v) is 1.62. The number of thioether (sulfide) groups is 1. The third kappa shape index (κ3) is 1.74. The lowest BCUT2D eigenvalue weighted by Gasteiger charge is -2.23. The first-order valence-corrected chi connectivity index (χ1v) is 4.29. The summed E-state index contributed by atoms with van der Waals surface area (Å²) in [7, 11) is 0. The highest BCUT2D eigenvalue weighted by Gasteiger charge is 2.32. The maximum atomic E-state index is 12.8. The van der Waals surface area contributed by atoms with E-state index in [-0.39, 0.29) is 17.0 Å². The summed E-state index contributed by atoms with van der Waals surface area (Å²) in [5.74, 6) is -0.457. The molecular weight excluding hydrogens is 167 g/mol. The predicted octanol–water partition coefficient (Wildman–Crippen LogP) is 1.86. The summed E-state index contributed by atoms with van der Waals surface area (Å²) in [6, 6.07) is 0. The van der Waals surface area contributed by atoms with Crippen LogP contribution in [0.2, 0.25) is 0 Å². The number of halogens is 1. The molecule has 1 rings (SSSR count). The van der Waals surface area contributed by atoms with Gasteiger partial charge in [-0.15, -0.1) is 11.8 Å². The van der Waals surface area contributed by atoms with Crippen LogP contribution < -0.4 is 0 Å². The second-order valence-electron chi connectivity index (χ2n) is 2.24. The van der Waals surface area contributed by atoms with Gasteiger partial charge in [-0.05, 0) is 6.42 Å². The van der Waals surface area contributed by atoms with Crippen molar-refractivity contribution in [3.63, 3.8) is 0 Å². The van der Waals surface area contributed by atoms with Crippen LogP contribution in [0.1, 0.15) is 13.3 Å². The zero-order valence-corrected chi connectivity index (χ0v) is 6.99. The van der Waals surface area contributed by atoms with Gasteiger partial charge in [-0.2, -0.15) is 0 Å². The van der Waals surface area contributed by atoms with Crippen LogP contribution in [0.5, 0.6) is 0 Å². The van der Waals surface area contributed by atoms with E-state index in [9.17, 15) is 9.18 Å². The van der Waals surface area contributed by atoms with Crippen molar-refractivity contribution < 1.29 is 13.9 Å². The highest BCUT2D eigenvalue weighted by Crippen LogP contribution is 2.32. The van der Waals surface area contributed by atoms with Gasteiger partial charge in [-0.25, -0.2) is 4.39 Å².